The fourth-order valence-corrected chi connectivity index (χ4v) is 4.64. The third-order valence-electron chi connectivity index (χ3n) is 5.09. The van der Waals surface area contributed by atoms with Crippen molar-refractivity contribution >= 4 is 22.4 Å². The number of carbonyl (C=O) groups excluding carboxylic acids is 1. The lowest BCUT2D eigenvalue weighted by Crippen LogP contribution is -2.49. The maximum Gasteiger partial charge on any atom is 0.226 e. The summed E-state index contributed by atoms with van der Waals surface area (Å²) in [6.45, 7) is 4.91. The highest BCUT2D eigenvalue weighted by Gasteiger charge is 2.33. The van der Waals surface area contributed by atoms with Gasteiger partial charge in [-0.2, -0.15) is 0 Å². The van der Waals surface area contributed by atoms with E-state index in [-0.39, 0.29) is 18.6 Å². The summed E-state index contributed by atoms with van der Waals surface area (Å²) in [5, 5.41) is 12.4. The number of aromatic nitrogens is 1. The number of likely N-dealkylation sites (tertiary alicyclic amines) is 1. The molecule has 0 aromatic carbocycles. The van der Waals surface area contributed by atoms with Crippen LogP contribution in [0.1, 0.15) is 44.2 Å². The summed E-state index contributed by atoms with van der Waals surface area (Å²) >= 11 is 1.69. The first-order chi connectivity index (χ1) is 11.2. The molecule has 1 aromatic heterocycles. The quantitative estimate of drug-likeness (QED) is 0.917. The van der Waals surface area contributed by atoms with Crippen molar-refractivity contribution in [2.75, 3.05) is 31.1 Å². The van der Waals surface area contributed by atoms with E-state index in [2.05, 4.69) is 20.2 Å². The number of hydrogen-bond acceptors (Lipinski definition) is 5. The summed E-state index contributed by atoms with van der Waals surface area (Å²) in [7, 11) is 0. The van der Waals surface area contributed by atoms with Crippen molar-refractivity contribution < 1.29 is 9.90 Å². The number of aryl methyl sites for hydroxylation is 1. The lowest BCUT2D eigenvalue weighted by Gasteiger charge is -2.40. The number of piperidine rings is 2. The monoisotopic (exact) mass is 337 g/mol. The van der Waals surface area contributed by atoms with E-state index in [1.807, 2.05) is 6.92 Å². The molecule has 2 aliphatic rings. The van der Waals surface area contributed by atoms with Crippen molar-refractivity contribution in [3.63, 3.8) is 0 Å². The van der Waals surface area contributed by atoms with Crippen LogP contribution in [0.25, 0.3) is 0 Å². The fourth-order valence-electron chi connectivity index (χ4n) is 3.78. The molecule has 1 amide bonds. The van der Waals surface area contributed by atoms with Crippen LogP contribution in [0.4, 0.5) is 5.13 Å². The van der Waals surface area contributed by atoms with Crippen LogP contribution in [0.2, 0.25) is 0 Å². The molecule has 1 N–H and O–H groups in total. The summed E-state index contributed by atoms with van der Waals surface area (Å²) < 4.78 is 0. The van der Waals surface area contributed by atoms with E-state index in [0.29, 0.717) is 5.91 Å². The summed E-state index contributed by atoms with van der Waals surface area (Å²) in [5.41, 5.74) is 1.07. The first-order valence-corrected chi connectivity index (χ1v) is 9.65. The van der Waals surface area contributed by atoms with Crippen LogP contribution in [-0.4, -0.2) is 53.2 Å². The smallest absolute Gasteiger partial charge is 0.226 e. The summed E-state index contributed by atoms with van der Waals surface area (Å²) in [6, 6.07) is 0.251. The Kier molecular flexibility index (Phi) is 5.54. The van der Waals surface area contributed by atoms with Gasteiger partial charge in [-0.25, -0.2) is 4.98 Å². The minimum Gasteiger partial charge on any atom is -0.396 e. The van der Waals surface area contributed by atoms with Crippen LogP contribution in [0.5, 0.6) is 0 Å². The number of rotatable bonds is 4. The number of nitrogens with zero attached hydrogens (tertiary/aromatic N) is 3. The number of carbonyl (C=O) groups is 1. The molecular weight excluding hydrogens is 310 g/mol. The standard InChI is InChI=1S/C17H27N3O2S/c1-13-12-23-17(18-13)19-9-5-14(6-10-19)16(22)20-8-3-2-4-15(20)7-11-21/h12,14-15,21H,2-11H2,1H3. The predicted molar refractivity (Wildman–Crippen MR) is 92.8 cm³/mol. The minimum atomic E-state index is 0.145. The van der Waals surface area contributed by atoms with Gasteiger partial charge in [-0.1, -0.05) is 0 Å². The Bertz CT molecular complexity index is 524. The summed E-state index contributed by atoms with van der Waals surface area (Å²) in [4.78, 5) is 21.8. The second kappa shape index (κ2) is 7.62. The van der Waals surface area contributed by atoms with E-state index >= 15 is 0 Å². The van der Waals surface area contributed by atoms with Gasteiger partial charge in [0.25, 0.3) is 0 Å². The Balaban J connectivity index is 1.57. The van der Waals surface area contributed by atoms with Crippen LogP contribution in [0.15, 0.2) is 5.38 Å². The topological polar surface area (TPSA) is 56.7 Å². The van der Waals surface area contributed by atoms with E-state index in [0.717, 1.165) is 62.6 Å². The van der Waals surface area contributed by atoms with Gasteiger partial charge in [0.05, 0.1) is 5.69 Å². The van der Waals surface area contributed by atoms with Crippen molar-refractivity contribution in [3.8, 4) is 0 Å². The zero-order valence-corrected chi connectivity index (χ0v) is 14.7. The Morgan fingerprint density at radius 1 is 1.30 bits per heavy atom. The van der Waals surface area contributed by atoms with Crippen LogP contribution in [-0.2, 0) is 4.79 Å². The number of aliphatic hydroxyl groups is 1. The molecule has 0 saturated carbocycles. The Labute approximate surface area is 142 Å². The molecule has 0 aliphatic carbocycles. The number of amides is 1. The van der Waals surface area contributed by atoms with Gasteiger partial charge in [-0.15, -0.1) is 11.3 Å². The maximum atomic E-state index is 12.9. The minimum absolute atomic E-state index is 0.145. The lowest BCUT2D eigenvalue weighted by molar-refractivity contribution is -0.140. The zero-order valence-electron chi connectivity index (χ0n) is 13.9. The normalized spacial score (nSPS) is 23.3. The first kappa shape index (κ1) is 16.7. The molecule has 23 heavy (non-hydrogen) atoms. The van der Waals surface area contributed by atoms with Crippen molar-refractivity contribution in [2.45, 2.75) is 51.5 Å². The lowest BCUT2D eigenvalue weighted by atomic mass is 9.92. The second-order valence-electron chi connectivity index (χ2n) is 6.73. The van der Waals surface area contributed by atoms with Gasteiger partial charge < -0.3 is 14.9 Å². The SMILES string of the molecule is Cc1csc(N2CCC(C(=O)N3CCCCC3CCO)CC2)n1. The summed E-state index contributed by atoms with van der Waals surface area (Å²) in [6.07, 6.45) is 5.88. The van der Waals surface area contributed by atoms with Crippen LogP contribution >= 0.6 is 11.3 Å². The molecule has 2 saturated heterocycles. The molecule has 2 fully saturated rings. The predicted octanol–water partition coefficient (Wildman–Crippen LogP) is 2.43. The molecule has 2 aliphatic heterocycles. The molecule has 3 heterocycles. The van der Waals surface area contributed by atoms with Crippen molar-refractivity contribution in [1.29, 1.82) is 0 Å². The zero-order chi connectivity index (χ0) is 16.2. The number of anilines is 1. The third-order valence-corrected chi connectivity index (χ3v) is 6.11. The number of thiazole rings is 1. The van der Waals surface area contributed by atoms with Gasteiger partial charge in [0.15, 0.2) is 5.13 Å². The van der Waals surface area contributed by atoms with E-state index in [4.69, 9.17) is 0 Å². The van der Waals surface area contributed by atoms with Crippen molar-refractivity contribution in [2.24, 2.45) is 5.92 Å². The Morgan fingerprint density at radius 2 is 2.09 bits per heavy atom. The average molecular weight is 337 g/mol. The molecule has 128 valence electrons. The second-order valence-corrected chi connectivity index (χ2v) is 7.56. The van der Waals surface area contributed by atoms with Crippen LogP contribution in [0.3, 0.4) is 0 Å². The summed E-state index contributed by atoms with van der Waals surface area (Å²) in [5.74, 6) is 0.463. The first-order valence-electron chi connectivity index (χ1n) is 8.77. The van der Waals surface area contributed by atoms with E-state index in [9.17, 15) is 9.90 Å². The number of aliphatic hydroxyl groups excluding tert-OH is 1. The van der Waals surface area contributed by atoms with E-state index in [1.165, 1.54) is 6.42 Å². The van der Waals surface area contributed by atoms with E-state index in [1.54, 1.807) is 11.3 Å². The highest BCUT2D eigenvalue weighted by Crippen LogP contribution is 2.29. The Hall–Kier alpha value is -1.14. The van der Waals surface area contributed by atoms with E-state index < -0.39 is 0 Å². The molecule has 5 nitrogen and oxygen atoms in total. The fraction of sp³-hybridized carbons (Fsp3) is 0.765. The molecule has 3 rings (SSSR count). The molecule has 6 heteroatoms. The highest BCUT2D eigenvalue weighted by molar-refractivity contribution is 7.13. The van der Waals surface area contributed by atoms with Crippen LogP contribution in [0, 0.1) is 12.8 Å². The molecule has 1 aromatic rings. The van der Waals surface area contributed by atoms with Crippen molar-refractivity contribution in [3.05, 3.63) is 11.1 Å². The molecule has 0 radical (unpaired) electrons. The van der Waals surface area contributed by atoms with Gasteiger partial charge in [-0.05, 0) is 45.4 Å². The third kappa shape index (κ3) is 3.86. The van der Waals surface area contributed by atoms with Gasteiger partial charge in [0.2, 0.25) is 5.91 Å². The molecular formula is C17H27N3O2S. The van der Waals surface area contributed by atoms with Gasteiger partial charge in [-0.3, -0.25) is 4.79 Å². The average Bonchev–Trinajstić information content (AvgIpc) is 3.02. The Morgan fingerprint density at radius 3 is 2.74 bits per heavy atom. The molecule has 1 atom stereocenters. The molecule has 0 bridgehead atoms. The maximum absolute atomic E-state index is 12.9. The highest BCUT2D eigenvalue weighted by atomic mass is 32.1. The largest absolute Gasteiger partial charge is 0.396 e. The van der Waals surface area contributed by atoms with Gasteiger partial charge in [0.1, 0.15) is 0 Å². The molecule has 1 unspecified atom stereocenters. The molecule has 0 spiro atoms. The van der Waals surface area contributed by atoms with Gasteiger partial charge >= 0.3 is 0 Å². The number of hydrogen-bond donors (Lipinski definition) is 1. The van der Waals surface area contributed by atoms with Crippen molar-refractivity contribution in [1.82, 2.24) is 9.88 Å². The van der Waals surface area contributed by atoms with Crippen LogP contribution < -0.4 is 4.90 Å². The van der Waals surface area contributed by atoms with Gasteiger partial charge in [0, 0.05) is 43.6 Å².